The highest BCUT2D eigenvalue weighted by Crippen LogP contribution is 2.21. The normalized spacial score (nSPS) is 17.0. The second-order valence-electron chi connectivity index (χ2n) is 6.90. The largest absolute Gasteiger partial charge is 0.339 e. The topological polar surface area (TPSA) is 40.6 Å². The Morgan fingerprint density at radius 3 is 2.33 bits per heavy atom. The van der Waals surface area contributed by atoms with Crippen molar-refractivity contribution in [1.29, 1.82) is 0 Å². The Labute approximate surface area is 161 Å². The summed E-state index contributed by atoms with van der Waals surface area (Å²) in [6.45, 7) is 5.63. The van der Waals surface area contributed by atoms with Gasteiger partial charge in [-0.25, -0.2) is 0 Å². The van der Waals surface area contributed by atoms with Crippen LogP contribution < -0.4 is 0 Å². The molecule has 2 aromatic carbocycles. The van der Waals surface area contributed by atoms with Crippen LogP contribution in [0.5, 0.6) is 0 Å². The van der Waals surface area contributed by atoms with Crippen molar-refractivity contribution < 1.29 is 9.59 Å². The molecule has 0 saturated carbocycles. The van der Waals surface area contributed by atoms with Gasteiger partial charge in [-0.3, -0.25) is 9.59 Å². The molecule has 1 fully saturated rings. The third-order valence-corrected chi connectivity index (χ3v) is 5.10. The third kappa shape index (κ3) is 4.85. The van der Waals surface area contributed by atoms with Crippen molar-refractivity contribution in [3.8, 4) is 0 Å². The van der Waals surface area contributed by atoms with Crippen LogP contribution in [-0.4, -0.2) is 40.7 Å². The molecule has 0 radical (unpaired) electrons. The van der Waals surface area contributed by atoms with Crippen molar-refractivity contribution in [1.82, 2.24) is 9.80 Å². The third-order valence-electron chi connectivity index (χ3n) is 5.10. The number of benzene rings is 2. The molecule has 1 heterocycles. The van der Waals surface area contributed by atoms with Crippen molar-refractivity contribution in [3.05, 3.63) is 84.4 Å². The van der Waals surface area contributed by atoms with E-state index in [0.717, 1.165) is 36.9 Å². The lowest BCUT2D eigenvalue weighted by Crippen LogP contribution is -2.40. The molecule has 0 N–H and O–H groups in total. The van der Waals surface area contributed by atoms with Crippen molar-refractivity contribution in [3.63, 3.8) is 0 Å². The van der Waals surface area contributed by atoms with Crippen molar-refractivity contribution in [2.75, 3.05) is 13.1 Å². The fraction of sp³-hybridized carbons (Fsp3) is 0.304. The van der Waals surface area contributed by atoms with Gasteiger partial charge in [0.15, 0.2) is 0 Å². The van der Waals surface area contributed by atoms with Gasteiger partial charge in [-0.2, -0.15) is 0 Å². The first kappa shape index (κ1) is 18.9. The van der Waals surface area contributed by atoms with Gasteiger partial charge in [0.25, 0.3) is 5.91 Å². The van der Waals surface area contributed by atoms with E-state index in [1.807, 2.05) is 70.5 Å². The van der Waals surface area contributed by atoms with Crippen LogP contribution in [0.1, 0.15) is 35.2 Å². The van der Waals surface area contributed by atoms with E-state index < -0.39 is 0 Å². The monoisotopic (exact) mass is 362 g/mol. The van der Waals surface area contributed by atoms with E-state index >= 15 is 0 Å². The molecule has 0 aromatic heterocycles. The zero-order valence-corrected chi connectivity index (χ0v) is 15.6. The van der Waals surface area contributed by atoms with Gasteiger partial charge in [-0.05, 0) is 43.0 Å². The van der Waals surface area contributed by atoms with Gasteiger partial charge >= 0.3 is 0 Å². The summed E-state index contributed by atoms with van der Waals surface area (Å²) >= 11 is 0. The van der Waals surface area contributed by atoms with E-state index in [9.17, 15) is 9.59 Å². The van der Waals surface area contributed by atoms with Gasteiger partial charge in [-0.1, -0.05) is 55.1 Å². The SMILES string of the molecule is C=CC(=O)N(Cc1ccccc1)C1CCCN(C(=O)c2ccccc2)CC1. The lowest BCUT2D eigenvalue weighted by molar-refractivity contribution is -0.129. The maximum Gasteiger partial charge on any atom is 0.253 e. The molecular formula is C23H26N2O2. The van der Waals surface area contributed by atoms with Crippen LogP contribution >= 0.6 is 0 Å². The Balaban J connectivity index is 1.69. The fourth-order valence-electron chi connectivity index (χ4n) is 3.64. The van der Waals surface area contributed by atoms with Gasteiger partial charge < -0.3 is 9.80 Å². The lowest BCUT2D eigenvalue weighted by atomic mass is 10.1. The predicted molar refractivity (Wildman–Crippen MR) is 107 cm³/mol. The molecular weight excluding hydrogens is 336 g/mol. The van der Waals surface area contributed by atoms with Crippen LogP contribution in [0.4, 0.5) is 0 Å². The minimum Gasteiger partial charge on any atom is -0.339 e. The van der Waals surface area contributed by atoms with E-state index in [0.29, 0.717) is 13.1 Å². The number of hydrogen-bond donors (Lipinski definition) is 0. The maximum atomic E-state index is 12.7. The summed E-state index contributed by atoms with van der Waals surface area (Å²) in [6.07, 6.45) is 3.95. The molecule has 0 spiro atoms. The molecule has 2 amide bonds. The minimum atomic E-state index is -0.0494. The van der Waals surface area contributed by atoms with Gasteiger partial charge in [-0.15, -0.1) is 0 Å². The summed E-state index contributed by atoms with van der Waals surface area (Å²) in [5.41, 5.74) is 1.83. The van der Waals surface area contributed by atoms with Gasteiger partial charge in [0.05, 0.1) is 0 Å². The first-order valence-corrected chi connectivity index (χ1v) is 9.50. The number of carbonyl (C=O) groups excluding carboxylic acids is 2. The van der Waals surface area contributed by atoms with Crippen molar-refractivity contribution >= 4 is 11.8 Å². The summed E-state index contributed by atoms with van der Waals surface area (Å²) in [7, 11) is 0. The van der Waals surface area contributed by atoms with Crippen LogP contribution in [0.25, 0.3) is 0 Å². The number of likely N-dealkylation sites (tertiary alicyclic amines) is 1. The highest BCUT2D eigenvalue weighted by molar-refractivity contribution is 5.94. The molecule has 0 aliphatic carbocycles. The van der Waals surface area contributed by atoms with Crippen LogP contribution in [0.3, 0.4) is 0 Å². The molecule has 1 aliphatic heterocycles. The molecule has 2 aromatic rings. The molecule has 3 rings (SSSR count). The van der Waals surface area contributed by atoms with Gasteiger partial charge in [0, 0.05) is 31.2 Å². The molecule has 0 bridgehead atoms. The Kier molecular flexibility index (Phi) is 6.42. The van der Waals surface area contributed by atoms with Crippen LogP contribution in [0.2, 0.25) is 0 Å². The summed E-state index contributed by atoms with van der Waals surface area (Å²) in [4.78, 5) is 29.0. The summed E-state index contributed by atoms with van der Waals surface area (Å²) in [6, 6.07) is 19.5. The number of carbonyl (C=O) groups is 2. The zero-order valence-electron chi connectivity index (χ0n) is 15.6. The quantitative estimate of drug-likeness (QED) is 0.757. The Hall–Kier alpha value is -2.88. The Bertz CT molecular complexity index is 773. The van der Waals surface area contributed by atoms with Crippen LogP contribution in [-0.2, 0) is 11.3 Å². The summed E-state index contributed by atoms with van der Waals surface area (Å²) in [5, 5.41) is 0. The molecule has 140 valence electrons. The zero-order chi connectivity index (χ0) is 19.1. The Morgan fingerprint density at radius 2 is 1.67 bits per heavy atom. The standard InChI is InChI=1S/C23H26N2O2/c1-2-22(26)25(18-19-10-5-3-6-11-19)21-14-9-16-24(17-15-21)23(27)20-12-7-4-8-13-20/h2-8,10-13,21H,1,9,14-18H2. The van der Waals surface area contributed by atoms with Crippen molar-refractivity contribution in [2.45, 2.75) is 31.8 Å². The van der Waals surface area contributed by atoms with Crippen molar-refractivity contribution in [2.24, 2.45) is 0 Å². The summed E-state index contributed by atoms with van der Waals surface area (Å²) < 4.78 is 0. The lowest BCUT2D eigenvalue weighted by Gasteiger charge is -2.30. The van der Waals surface area contributed by atoms with Crippen LogP contribution in [0.15, 0.2) is 73.3 Å². The number of nitrogens with zero attached hydrogens (tertiary/aromatic N) is 2. The average molecular weight is 362 g/mol. The fourth-order valence-corrected chi connectivity index (χ4v) is 3.64. The molecule has 1 aliphatic rings. The molecule has 4 heteroatoms. The van der Waals surface area contributed by atoms with Gasteiger partial charge in [0.1, 0.15) is 0 Å². The van der Waals surface area contributed by atoms with E-state index in [1.165, 1.54) is 6.08 Å². The highest BCUT2D eigenvalue weighted by atomic mass is 16.2. The second-order valence-corrected chi connectivity index (χ2v) is 6.90. The minimum absolute atomic E-state index is 0.0494. The smallest absolute Gasteiger partial charge is 0.253 e. The first-order valence-electron chi connectivity index (χ1n) is 9.50. The highest BCUT2D eigenvalue weighted by Gasteiger charge is 2.27. The second kappa shape index (κ2) is 9.17. The van der Waals surface area contributed by atoms with E-state index in [2.05, 4.69) is 6.58 Å². The Morgan fingerprint density at radius 1 is 1.00 bits per heavy atom. The van der Waals surface area contributed by atoms with E-state index in [4.69, 9.17) is 0 Å². The van der Waals surface area contributed by atoms with Crippen LogP contribution in [0, 0.1) is 0 Å². The molecule has 27 heavy (non-hydrogen) atoms. The number of amides is 2. The average Bonchev–Trinajstić information content (AvgIpc) is 2.98. The first-order chi connectivity index (χ1) is 13.2. The maximum absolute atomic E-state index is 12.7. The molecule has 1 atom stereocenters. The molecule has 1 saturated heterocycles. The number of rotatable bonds is 5. The summed E-state index contributed by atoms with van der Waals surface area (Å²) in [5.74, 6) is 0.0209. The van der Waals surface area contributed by atoms with E-state index in [-0.39, 0.29) is 17.9 Å². The predicted octanol–water partition coefficient (Wildman–Crippen LogP) is 3.90. The van der Waals surface area contributed by atoms with Gasteiger partial charge in [0.2, 0.25) is 5.91 Å². The molecule has 4 nitrogen and oxygen atoms in total. The number of hydrogen-bond acceptors (Lipinski definition) is 2. The van der Waals surface area contributed by atoms with E-state index in [1.54, 1.807) is 0 Å². The molecule has 1 unspecified atom stereocenters.